The number of halogens is 2. The Morgan fingerprint density at radius 2 is 1.79 bits per heavy atom. The number of rotatable bonds is 3. The Hall–Kier alpha value is -1.02. The third-order valence-corrected chi connectivity index (χ3v) is 4.05. The Balaban J connectivity index is 2.25. The van der Waals surface area contributed by atoms with Crippen LogP contribution in [0.3, 0.4) is 0 Å². The first kappa shape index (κ1) is 14.4. The van der Waals surface area contributed by atoms with E-state index in [1.807, 2.05) is 50.2 Å². The van der Waals surface area contributed by atoms with Gasteiger partial charge in [0.25, 0.3) is 0 Å². The summed E-state index contributed by atoms with van der Waals surface area (Å²) in [5.41, 5.74) is 3.82. The lowest BCUT2D eigenvalue weighted by Gasteiger charge is -2.15. The molecule has 2 aromatic rings. The molecule has 3 heteroatoms. The van der Waals surface area contributed by atoms with Gasteiger partial charge in [-0.05, 0) is 48.2 Å². The minimum atomic E-state index is -0.598. The van der Waals surface area contributed by atoms with Crippen molar-refractivity contribution in [1.29, 1.82) is 0 Å². The quantitative estimate of drug-likeness (QED) is 0.855. The molecular weight excluding hydrogens is 279 g/mol. The van der Waals surface area contributed by atoms with E-state index in [1.54, 1.807) is 0 Å². The lowest BCUT2D eigenvalue weighted by molar-refractivity contribution is 0.178. The van der Waals surface area contributed by atoms with Crippen LogP contribution in [0.1, 0.15) is 28.4 Å². The van der Waals surface area contributed by atoms with E-state index in [2.05, 4.69) is 0 Å². The van der Waals surface area contributed by atoms with Crippen molar-refractivity contribution in [3.63, 3.8) is 0 Å². The van der Waals surface area contributed by atoms with Crippen molar-refractivity contribution in [2.24, 2.45) is 0 Å². The van der Waals surface area contributed by atoms with Crippen LogP contribution in [0.25, 0.3) is 0 Å². The number of aliphatic hydroxyl groups excluding tert-OH is 1. The smallest absolute Gasteiger partial charge is 0.0833 e. The highest BCUT2D eigenvalue weighted by atomic mass is 35.5. The normalized spacial score (nSPS) is 12.5. The molecule has 0 fully saturated rings. The van der Waals surface area contributed by atoms with Crippen LogP contribution in [0.5, 0.6) is 0 Å². The highest BCUT2D eigenvalue weighted by Crippen LogP contribution is 2.28. The van der Waals surface area contributed by atoms with Gasteiger partial charge in [-0.2, -0.15) is 0 Å². The number of aryl methyl sites for hydroxylation is 1. The highest BCUT2D eigenvalue weighted by Gasteiger charge is 2.14. The average molecular weight is 295 g/mol. The van der Waals surface area contributed by atoms with Crippen LogP contribution in [0, 0.1) is 13.8 Å². The van der Waals surface area contributed by atoms with E-state index in [1.165, 1.54) is 0 Å². The zero-order chi connectivity index (χ0) is 14.0. The van der Waals surface area contributed by atoms with Gasteiger partial charge in [0, 0.05) is 16.5 Å². The zero-order valence-corrected chi connectivity index (χ0v) is 12.5. The number of benzene rings is 2. The van der Waals surface area contributed by atoms with Crippen molar-refractivity contribution in [2.75, 3.05) is 0 Å². The van der Waals surface area contributed by atoms with Gasteiger partial charge in [-0.3, -0.25) is 0 Å². The molecule has 0 amide bonds. The summed E-state index contributed by atoms with van der Waals surface area (Å²) in [6.45, 7) is 3.91. The summed E-state index contributed by atoms with van der Waals surface area (Å²) in [6.07, 6.45) is -0.112. The van der Waals surface area contributed by atoms with Crippen molar-refractivity contribution in [1.82, 2.24) is 0 Å². The molecule has 2 rings (SSSR count). The first-order valence-electron chi connectivity index (χ1n) is 6.17. The second kappa shape index (κ2) is 5.96. The van der Waals surface area contributed by atoms with Crippen molar-refractivity contribution >= 4 is 23.2 Å². The average Bonchev–Trinajstić information content (AvgIpc) is 2.36. The fraction of sp³-hybridized carbons (Fsp3) is 0.250. The molecule has 0 radical (unpaired) electrons. The van der Waals surface area contributed by atoms with E-state index in [9.17, 15) is 5.11 Å². The predicted octanol–water partition coefficient (Wildman–Crippen LogP) is 4.89. The van der Waals surface area contributed by atoms with Crippen LogP contribution in [0.2, 0.25) is 10.0 Å². The van der Waals surface area contributed by atoms with E-state index < -0.39 is 6.10 Å². The Bertz CT molecular complexity index is 593. The topological polar surface area (TPSA) is 20.2 Å². The van der Waals surface area contributed by atoms with E-state index in [0.717, 1.165) is 22.3 Å². The molecule has 0 aromatic heterocycles. The molecule has 1 nitrogen and oxygen atoms in total. The second-order valence-corrected chi connectivity index (χ2v) is 5.58. The minimum absolute atomic E-state index is 0.486. The number of hydrogen-bond acceptors (Lipinski definition) is 1. The van der Waals surface area contributed by atoms with Gasteiger partial charge in [0.05, 0.1) is 6.10 Å². The summed E-state index contributed by atoms with van der Waals surface area (Å²) in [7, 11) is 0. The van der Waals surface area contributed by atoms with Gasteiger partial charge in [0.2, 0.25) is 0 Å². The van der Waals surface area contributed by atoms with Gasteiger partial charge in [-0.25, -0.2) is 0 Å². The zero-order valence-electron chi connectivity index (χ0n) is 11.0. The fourth-order valence-electron chi connectivity index (χ4n) is 2.12. The standard InChI is InChI=1S/C16H16Cl2O/c1-10-6-7-12(15(18)8-10)9-16(19)13-4-3-5-14(17)11(13)2/h3-8,16,19H,9H2,1-2H3. The summed E-state index contributed by atoms with van der Waals surface area (Å²) in [5.74, 6) is 0. The van der Waals surface area contributed by atoms with Crippen LogP contribution in [-0.2, 0) is 6.42 Å². The lowest BCUT2D eigenvalue weighted by Crippen LogP contribution is -2.04. The van der Waals surface area contributed by atoms with Gasteiger partial charge in [0.15, 0.2) is 0 Å². The van der Waals surface area contributed by atoms with Crippen molar-refractivity contribution in [2.45, 2.75) is 26.4 Å². The lowest BCUT2D eigenvalue weighted by atomic mass is 9.97. The molecule has 0 bridgehead atoms. The molecule has 1 atom stereocenters. The number of hydrogen-bond donors (Lipinski definition) is 1. The first-order chi connectivity index (χ1) is 8.99. The van der Waals surface area contributed by atoms with Crippen LogP contribution in [0.4, 0.5) is 0 Å². The second-order valence-electron chi connectivity index (χ2n) is 4.77. The Morgan fingerprint density at radius 3 is 2.47 bits per heavy atom. The minimum Gasteiger partial charge on any atom is -0.388 e. The van der Waals surface area contributed by atoms with Crippen LogP contribution >= 0.6 is 23.2 Å². The maximum absolute atomic E-state index is 10.4. The number of aliphatic hydroxyl groups is 1. The van der Waals surface area contributed by atoms with Gasteiger partial charge in [-0.15, -0.1) is 0 Å². The molecule has 100 valence electrons. The molecule has 0 saturated carbocycles. The third-order valence-electron chi connectivity index (χ3n) is 3.29. The van der Waals surface area contributed by atoms with E-state index >= 15 is 0 Å². The monoisotopic (exact) mass is 294 g/mol. The van der Waals surface area contributed by atoms with E-state index in [0.29, 0.717) is 16.5 Å². The van der Waals surface area contributed by atoms with Crippen LogP contribution in [-0.4, -0.2) is 5.11 Å². The largest absolute Gasteiger partial charge is 0.388 e. The van der Waals surface area contributed by atoms with E-state index in [4.69, 9.17) is 23.2 Å². The summed E-state index contributed by atoms with van der Waals surface area (Å²) in [4.78, 5) is 0. The van der Waals surface area contributed by atoms with E-state index in [-0.39, 0.29) is 0 Å². The van der Waals surface area contributed by atoms with Crippen molar-refractivity contribution in [3.05, 3.63) is 68.7 Å². The van der Waals surface area contributed by atoms with Crippen molar-refractivity contribution in [3.8, 4) is 0 Å². The van der Waals surface area contributed by atoms with Crippen molar-refractivity contribution < 1.29 is 5.11 Å². The SMILES string of the molecule is Cc1ccc(CC(O)c2cccc(Cl)c2C)c(Cl)c1. The van der Waals surface area contributed by atoms with Crippen LogP contribution < -0.4 is 0 Å². The Kier molecular flexibility index (Phi) is 4.51. The molecule has 0 aliphatic carbocycles. The molecule has 2 aromatic carbocycles. The molecule has 0 aliphatic rings. The van der Waals surface area contributed by atoms with Gasteiger partial charge >= 0.3 is 0 Å². The molecule has 0 spiro atoms. The summed E-state index contributed by atoms with van der Waals surface area (Å²) in [6, 6.07) is 11.4. The van der Waals surface area contributed by atoms with Crippen LogP contribution in [0.15, 0.2) is 36.4 Å². The molecule has 1 unspecified atom stereocenters. The highest BCUT2D eigenvalue weighted by molar-refractivity contribution is 6.31. The maximum Gasteiger partial charge on any atom is 0.0833 e. The predicted molar refractivity (Wildman–Crippen MR) is 81.0 cm³/mol. The van der Waals surface area contributed by atoms with Gasteiger partial charge < -0.3 is 5.11 Å². The maximum atomic E-state index is 10.4. The summed E-state index contributed by atoms with van der Waals surface area (Å²) in [5, 5.41) is 11.7. The fourth-order valence-corrected chi connectivity index (χ4v) is 2.62. The Labute approximate surface area is 123 Å². The molecular formula is C16H16Cl2O. The van der Waals surface area contributed by atoms with Gasteiger partial charge in [-0.1, -0.05) is 47.5 Å². The molecule has 19 heavy (non-hydrogen) atoms. The summed E-state index contributed by atoms with van der Waals surface area (Å²) < 4.78 is 0. The molecule has 0 heterocycles. The molecule has 0 saturated heterocycles. The molecule has 0 aliphatic heterocycles. The third kappa shape index (κ3) is 3.30. The Morgan fingerprint density at radius 1 is 1.05 bits per heavy atom. The molecule has 1 N–H and O–H groups in total. The van der Waals surface area contributed by atoms with Gasteiger partial charge in [0.1, 0.15) is 0 Å². The first-order valence-corrected chi connectivity index (χ1v) is 6.92. The summed E-state index contributed by atoms with van der Waals surface area (Å²) >= 11 is 12.3.